The summed E-state index contributed by atoms with van der Waals surface area (Å²) in [5.74, 6) is -0.0601. The lowest BCUT2D eigenvalue weighted by atomic mass is 10.0. The Bertz CT molecular complexity index is 1380. The van der Waals surface area contributed by atoms with Crippen LogP contribution in [0.3, 0.4) is 0 Å². The fourth-order valence-electron chi connectivity index (χ4n) is 4.26. The van der Waals surface area contributed by atoms with E-state index in [1.807, 2.05) is 68.1 Å². The summed E-state index contributed by atoms with van der Waals surface area (Å²) in [5.41, 5.74) is 4.16. The van der Waals surface area contributed by atoms with Crippen LogP contribution in [0.4, 0.5) is 13.2 Å². The highest BCUT2D eigenvalue weighted by Crippen LogP contribution is 2.30. The number of alkyl halides is 3. The molecule has 4 aromatic rings. The van der Waals surface area contributed by atoms with Gasteiger partial charge >= 0.3 is 6.18 Å². The number of aromatic nitrogens is 1. The number of carbonyl (C=O) groups excluding carboxylic acids is 1. The first-order valence-corrected chi connectivity index (χ1v) is 12.3. The van der Waals surface area contributed by atoms with E-state index in [0.29, 0.717) is 18.0 Å². The van der Waals surface area contributed by atoms with Crippen molar-refractivity contribution in [2.45, 2.75) is 52.6 Å². The molecular formula is C30H30F3N3O2. The molecule has 1 aromatic heterocycles. The highest BCUT2D eigenvalue weighted by Gasteiger charge is 2.30. The van der Waals surface area contributed by atoms with Crippen molar-refractivity contribution in [2.75, 3.05) is 0 Å². The van der Waals surface area contributed by atoms with E-state index < -0.39 is 11.7 Å². The summed E-state index contributed by atoms with van der Waals surface area (Å²) in [6, 6.07) is 20.8. The molecule has 0 saturated carbocycles. The standard InChI is InChI=1S/C30H30F3N3O2/c1-20-12-13-21(2)25(14-20)17-36(16-23-8-7-11-26(15-23)30(31,32)33)18-28-35-27(19-38-28)29(37)34-22(3)24-9-5-4-6-10-24/h4-15,19,22H,16-18H2,1-3H3,(H,34,37)/t22-/m1/s1. The molecular weight excluding hydrogens is 491 g/mol. The van der Waals surface area contributed by atoms with Gasteiger partial charge in [-0.05, 0) is 49.1 Å². The van der Waals surface area contributed by atoms with Gasteiger partial charge in [0, 0.05) is 13.1 Å². The van der Waals surface area contributed by atoms with Gasteiger partial charge in [0.2, 0.25) is 5.89 Å². The van der Waals surface area contributed by atoms with Crippen molar-refractivity contribution in [3.05, 3.63) is 124 Å². The van der Waals surface area contributed by atoms with Crippen molar-refractivity contribution < 1.29 is 22.4 Å². The van der Waals surface area contributed by atoms with Crippen LogP contribution in [0.25, 0.3) is 0 Å². The molecule has 8 heteroatoms. The number of hydrogen-bond donors (Lipinski definition) is 1. The van der Waals surface area contributed by atoms with Gasteiger partial charge in [0.05, 0.1) is 18.2 Å². The Labute approximate surface area is 220 Å². The SMILES string of the molecule is Cc1ccc(C)c(CN(Cc2cccc(C(F)(F)F)c2)Cc2nc(C(=O)N[C@H](C)c3ccccc3)co2)c1. The maximum Gasteiger partial charge on any atom is 0.416 e. The minimum Gasteiger partial charge on any atom is -0.447 e. The maximum atomic E-state index is 13.3. The summed E-state index contributed by atoms with van der Waals surface area (Å²) < 4.78 is 45.5. The smallest absolute Gasteiger partial charge is 0.416 e. The minimum atomic E-state index is -4.42. The highest BCUT2D eigenvalue weighted by atomic mass is 19.4. The summed E-state index contributed by atoms with van der Waals surface area (Å²) in [4.78, 5) is 19.1. The molecule has 0 spiro atoms. The lowest BCUT2D eigenvalue weighted by Gasteiger charge is -2.23. The minimum absolute atomic E-state index is 0.147. The number of hydrogen-bond acceptors (Lipinski definition) is 4. The molecule has 0 aliphatic rings. The van der Waals surface area contributed by atoms with Gasteiger partial charge < -0.3 is 9.73 Å². The Kier molecular flexibility index (Phi) is 8.32. The summed E-state index contributed by atoms with van der Waals surface area (Å²) in [6.45, 7) is 6.81. The van der Waals surface area contributed by atoms with Gasteiger partial charge in [-0.3, -0.25) is 9.69 Å². The van der Waals surface area contributed by atoms with E-state index in [0.717, 1.165) is 34.4 Å². The van der Waals surface area contributed by atoms with Crippen molar-refractivity contribution in [1.29, 1.82) is 0 Å². The van der Waals surface area contributed by atoms with Gasteiger partial charge in [-0.2, -0.15) is 13.2 Å². The number of rotatable bonds is 9. The molecule has 0 aliphatic carbocycles. The van der Waals surface area contributed by atoms with E-state index in [1.165, 1.54) is 12.3 Å². The van der Waals surface area contributed by atoms with Crippen molar-refractivity contribution in [2.24, 2.45) is 0 Å². The van der Waals surface area contributed by atoms with Crippen molar-refractivity contribution in [1.82, 2.24) is 15.2 Å². The van der Waals surface area contributed by atoms with Crippen LogP contribution >= 0.6 is 0 Å². The second-order valence-electron chi connectivity index (χ2n) is 9.51. The van der Waals surface area contributed by atoms with E-state index >= 15 is 0 Å². The molecule has 0 bridgehead atoms. The van der Waals surface area contributed by atoms with Gasteiger partial charge in [-0.25, -0.2) is 4.98 Å². The zero-order valence-corrected chi connectivity index (χ0v) is 21.5. The monoisotopic (exact) mass is 521 g/mol. The van der Waals surface area contributed by atoms with E-state index in [2.05, 4.69) is 16.4 Å². The molecule has 0 fully saturated rings. The van der Waals surface area contributed by atoms with Gasteiger partial charge in [0.15, 0.2) is 5.69 Å². The third kappa shape index (κ3) is 7.10. The third-order valence-electron chi connectivity index (χ3n) is 6.35. The fraction of sp³-hybridized carbons (Fsp3) is 0.267. The largest absolute Gasteiger partial charge is 0.447 e. The number of halogens is 3. The van der Waals surface area contributed by atoms with Crippen molar-refractivity contribution in [3.63, 3.8) is 0 Å². The first-order valence-electron chi connectivity index (χ1n) is 12.3. The normalized spacial score (nSPS) is 12.5. The average molecular weight is 522 g/mol. The summed E-state index contributed by atoms with van der Waals surface area (Å²) >= 11 is 0. The average Bonchev–Trinajstić information content (AvgIpc) is 3.35. The summed E-state index contributed by atoms with van der Waals surface area (Å²) in [6.07, 6.45) is -3.11. The number of nitrogens with one attached hydrogen (secondary N) is 1. The van der Waals surface area contributed by atoms with Crippen LogP contribution in [0.15, 0.2) is 83.5 Å². The molecule has 38 heavy (non-hydrogen) atoms. The van der Waals surface area contributed by atoms with Gasteiger partial charge in [-0.15, -0.1) is 0 Å². The molecule has 0 aliphatic heterocycles. The van der Waals surface area contributed by atoms with E-state index in [1.54, 1.807) is 6.07 Å². The molecule has 0 saturated heterocycles. The zero-order valence-electron chi connectivity index (χ0n) is 21.5. The van der Waals surface area contributed by atoms with E-state index in [9.17, 15) is 18.0 Å². The Hall–Kier alpha value is -3.91. The van der Waals surface area contributed by atoms with Gasteiger partial charge in [0.25, 0.3) is 5.91 Å². The molecule has 3 aromatic carbocycles. The summed E-state index contributed by atoms with van der Waals surface area (Å²) in [5, 5.41) is 2.91. The van der Waals surface area contributed by atoms with Crippen molar-refractivity contribution in [3.8, 4) is 0 Å². The third-order valence-corrected chi connectivity index (χ3v) is 6.35. The fourth-order valence-corrected chi connectivity index (χ4v) is 4.26. The second kappa shape index (κ2) is 11.6. The summed E-state index contributed by atoms with van der Waals surface area (Å²) in [7, 11) is 0. The molecule has 0 radical (unpaired) electrons. The number of benzene rings is 3. The Morgan fingerprint density at radius 1 is 0.974 bits per heavy atom. The van der Waals surface area contributed by atoms with E-state index in [-0.39, 0.29) is 30.7 Å². The van der Waals surface area contributed by atoms with Gasteiger partial charge in [0.1, 0.15) is 6.26 Å². The second-order valence-corrected chi connectivity index (χ2v) is 9.51. The first-order chi connectivity index (χ1) is 18.1. The Balaban J connectivity index is 1.53. The first kappa shape index (κ1) is 27.1. The van der Waals surface area contributed by atoms with Crippen LogP contribution in [-0.4, -0.2) is 15.8 Å². The molecule has 4 rings (SSSR count). The topological polar surface area (TPSA) is 58.4 Å². The molecule has 198 valence electrons. The van der Waals surface area contributed by atoms with Crippen LogP contribution in [0.5, 0.6) is 0 Å². The zero-order chi connectivity index (χ0) is 27.3. The maximum absolute atomic E-state index is 13.3. The van der Waals surface area contributed by atoms with Crippen LogP contribution in [-0.2, 0) is 25.8 Å². The Morgan fingerprint density at radius 2 is 1.74 bits per heavy atom. The molecule has 1 heterocycles. The van der Waals surface area contributed by atoms with E-state index in [4.69, 9.17) is 4.42 Å². The van der Waals surface area contributed by atoms with Crippen LogP contribution in [0.1, 0.15) is 62.7 Å². The molecule has 5 nitrogen and oxygen atoms in total. The van der Waals surface area contributed by atoms with Gasteiger partial charge in [-0.1, -0.05) is 72.3 Å². The van der Waals surface area contributed by atoms with Crippen molar-refractivity contribution >= 4 is 5.91 Å². The number of amides is 1. The number of nitrogens with zero attached hydrogens (tertiary/aromatic N) is 2. The number of oxazole rings is 1. The quantitative estimate of drug-likeness (QED) is 0.258. The van der Waals surface area contributed by atoms with Crippen LogP contribution in [0, 0.1) is 13.8 Å². The predicted molar refractivity (Wildman–Crippen MR) is 139 cm³/mol. The highest BCUT2D eigenvalue weighted by molar-refractivity contribution is 5.92. The Morgan fingerprint density at radius 3 is 2.47 bits per heavy atom. The molecule has 1 N–H and O–H groups in total. The molecule has 0 unspecified atom stereocenters. The molecule has 1 amide bonds. The number of carbonyl (C=O) groups is 1. The predicted octanol–water partition coefficient (Wildman–Crippen LogP) is 7.00. The lowest BCUT2D eigenvalue weighted by molar-refractivity contribution is -0.137. The lowest BCUT2D eigenvalue weighted by Crippen LogP contribution is -2.27. The molecule has 1 atom stereocenters. The van der Waals surface area contributed by atoms with Crippen LogP contribution in [0.2, 0.25) is 0 Å². The van der Waals surface area contributed by atoms with Crippen LogP contribution < -0.4 is 5.32 Å². The number of aryl methyl sites for hydroxylation is 2.